The van der Waals surface area contributed by atoms with Gasteiger partial charge in [-0.3, -0.25) is 4.79 Å². The first kappa shape index (κ1) is 14.5. The van der Waals surface area contributed by atoms with Crippen molar-refractivity contribution < 1.29 is 9.18 Å². The molecule has 3 aromatic carbocycles. The first-order valence-electron chi connectivity index (χ1n) is 7.67. The Balaban J connectivity index is 1.69. The average Bonchev–Trinajstić information content (AvgIpc) is 2.91. The zero-order valence-corrected chi connectivity index (χ0v) is 13.1. The van der Waals surface area contributed by atoms with Crippen LogP contribution in [0.3, 0.4) is 0 Å². The van der Waals surface area contributed by atoms with Gasteiger partial charge in [-0.15, -0.1) is 0 Å². The number of amides is 1. The Labute approximate surface area is 138 Å². The van der Waals surface area contributed by atoms with Gasteiger partial charge in [0, 0.05) is 18.1 Å². The number of aromatic nitrogens is 1. The highest BCUT2D eigenvalue weighted by Gasteiger charge is 2.14. The van der Waals surface area contributed by atoms with Crippen molar-refractivity contribution in [1.29, 1.82) is 0 Å². The van der Waals surface area contributed by atoms with E-state index in [9.17, 15) is 9.18 Å². The van der Waals surface area contributed by atoms with Gasteiger partial charge in [0.25, 0.3) is 5.91 Å². The lowest BCUT2D eigenvalue weighted by Gasteiger charge is -2.08. The van der Waals surface area contributed by atoms with Crippen molar-refractivity contribution in [3.05, 3.63) is 78.2 Å². The second kappa shape index (κ2) is 5.49. The highest BCUT2D eigenvalue weighted by atomic mass is 19.1. The molecule has 4 rings (SSSR count). The molecule has 0 aliphatic rings. The van der Waals surface area contributed by atoms with E-state index in [1.165, 1.54) is 12.1 Å². The Bertz CT molecular complexity index is 1080. The Kier molecular flexibility index (Phi) is 3.31. The summed E-state index contributed by atoms with van der Waals surface area (Å²) in [6.07, 6.45) is 0. The first-order chi connectivity index (χ1) is 11.6. The van der Waals surface area contributed by atoms with E-state index < -0.39 is 0 Å². The smallest absolute Gasteiger partial charge is 0.272 e. The number of hydrogen-bond donors (Lipinski definition) is 1. The topological polar surface area (TPSA) is 34.0 Å². The number of fused-ring (bicyclic) bond motifs is 2. The van der Waals surface area contributed by atoms with Crippen LogP contribution < -0.4 is 5.32 Å². The molecule has 0 fully saturated rings. The van der Waals surface area contributed by atoms with E-state index in [-0.39, 0.29) is 11.7 Å². The lowest BCUT2D eigenvalue weighted by molar-refractivity contribution is 0.102. The fourth-order valence-corrected chi connectivity index (χ4v) is 2.98. The van der Waals surface area contributed by atoms with Gasteiger partial charge in [-0.2, -0.15) is 0 Å². The van der Waals surface area contributed by atoms with E-state index in [0.29, 0.717) is 11.2 Å². The number of nitrogens with zero attached hydrogens (tertiary/aromatic N) is 1. The molecule has 0 atom stereocenters. The van der Waals surface area contributed by atoms with Crippen molar-refractivity contribution in [2.75, 3.05) is 5.32 Å². The fourth-order valence-electron chi connectivity index (χ4n) is 2.98. The van der Waals surface area contributed by atoms with E-state index in [1.807, 2.05) is 42.5 Å². The summed E-state index contributed by atoms with van der Waals surface area (Å²) in [7, 11) is 1.76. The van der Waals surface area contributed by atoms with Crippen LogP contribution in [0.15, 0.2) is 66.7 Å². The van der Waals surface area contributed by atoms with E-state index in [4.69, 9.17) is 0 Å². The Morgan fingerprint density at radius 3 is 2.50 bits per heavy atom. The molecule has 1 N–H and O–H groups in total. The van der Waals surface area contributed by atoms with Crippen molar-refractivity contribution in [2.45, 2.75) is 0 Å². The summed E-state index contributed by atoms with van der Waals surface area (Å²) in [5, 5.41) is 5.93. The minimum absolute atomic E-state index is 0.218. The Hall–Kier alpha value is -3.14. The molecule has 0 radical (unpaired) electrons. The number of carbonyl (C=O) groups excluding carboxylic acids is 1. The van der Waals surface area contributed by atoms with Crippen LogP contribution in [0.2, 0.25) is 0 Å². The summed E-state index contributed by atoms with van der Waals surface area (Å²) >= 11 is 0. The number of halogens is 1. The zero-order chi connectivity index (χ0) is 16.7. The second-order valence-corrected chi connectivity index (χ2v) is 5.81. The Morgan fingerprint density at radius 1 is 0.917 bits per heavy atom. The Morgan fingerprint density at radius 2 is 1.67 bits per heavy atom. The van der Waals surface area contributed by atoms with Crippen LogP contribution in [0.4, 0.5) is 10.1 Å². The molecule has 0 aliphatic carbocycles. The molecule has 118 valence electrons. The van der Waals surface area contributed by atoms with E-state index in [2.05, 4.69) is 5.32 Å². The molecule has 0 bridgehead atoms. The van der Waals surface area contributed by atoms with Crippen LogP contribution in [-0.4, -0.2) is 10.5 Å². The van der Waals surface area contributed by atoms with E-state index in [1.54, 1.807) is 23.7 Å². The number of benzene rings is 3. The summed E-state index contributed by atoms with van der Waals surface area (Å²) in [4.78, 5) is 12.6. The lowest BCUT2D eigenvalue weighted by atomic mass is 10.1. The van der Waals surface area contributed by atoms with Gasteiger partial charge in [-0.05, 0) is 47.2 Å². The number of hydrogen-bond acceptors (Lipinski definition) is 1. The van der Waals surface area contributed by atoms with Gasteiger partial charge in [0.05, 0.1) is 5.52 Å². The second-order valence-electron chi connectivity index (χ2n) is 5.81. The molecule has 0 saturated heterocycles. The van der Waals surface area contributed by atoms with Crippen LogP contribution in [0.1, 0.15) is 10.5 Å². The van der Waals surface area contributed by atoms with Gasteiger partial charge < -0.3 is 9.88 Å². The maximum Gasteiger partial charge on any atom is 0.272 e. The molecule has 1 heterocycles. The third-order valence-corrected chi connectivity index (χ3v) is 4.25. The third kappa shape index (κ3) is 2.42. The molecule has 24 heavy (non-hydrogen) atoms. The molecule has 1 aromatic heterocycles. The maximum absolute atomic E-state index is 13.4. The van der Waals surface area contributed by atoms with Crippen molar-refractivity contribution in [3.8, 4) is 0 Å². The molecule has 0 saturated carbocycles. The van der Waals surface area contributed by atoms with Gasteiger partial charge in [0.15, 0.2) is 0 Å². The normalized spacial score (nSPS) is 11.1. The van der Waals surface area contributed by atoms with Gasteiger partial charge in [-0.1, -0.05) is 30.3 Å². The SMILES string of the molecule is Cn1c(C(=O)Nc2ccc3ccccc3c2)cc2ccc(F)cc21. The number of nitrogens with one attached hydrogen (secondary N) is 1. The van der Waals surface area contributed by atoms with Gasteiger partial charge in [0.1, 0.15) is 11.5 Å². The highest BCUT2D eigenvalue weighted by Crippen LogP contribution is 2.22. The quantitative estimate of drug-likeness (QED) is 0.570. The number of rotatable bonds is 2. The number of carbonyl (C=O) groups is 1. The molecular formula is C20H15FN2O. The van der Waals surface area contributed by atoms with E-state index >= 15 is 0 Å². The average molecular weight is 318 g/mol. The zero-order valence-electron chi connectivity index (χ0n) is 13.1. The van der Waals surface area contributed by atoms with Crippen molar-refractivity contribution in [1.82, 2.24) is 4.57 Å². The van der Waals surface area contributed by atoms with Gasteiger partial charge in [0.2, 0.25) is 0 Å². The third-order valence-electron chi connectivity index (χ3n) is 4.25. The summed E-state index contributed by atoms with van der Waals surface area (Å²) in [5.41, 5.74) is 1.91. The molecule has 4 aromatic rings. The molecule has 0 aliphatic heterocycles. The van der Waals surface area contributed by atoms with Gasteiger partial charge in [-0.25, -0.2) is 4.39 Å². The van der Waals surface area contributed by atoms with Crippen molar-refractivity contribution in [3.63, 3.8) is 0 Å². The highest BCUT2D eigenvalue weighted by molar-refractivity contribution is 6.07. The monoisotopic (exact) mass is 318 g/mol. The molecule has 0 spiro atoms. The molecular weight excluding hydrogens is 303 g/mol. The van der Waals surface area contributed by atoms with Crippen molar-refractivity contribution >= 4 is 33.3 Å². The van der Waals surface area contributed by atoms with Crippen LogP contribution in [0.25, 0.3) is 21.7 Å². The minimum atomic E-state index is -0.315. The van der Waals surface area contributed by atoms with Crippen LogP contribution in [0.5, 0.6) is 0 Å². The number of aryl methyl sites for hydroxylation is 1. The van der Waals surface area contributed by atoms with Crippen molar-refractivity contribution in [2.24, 2.45) is 7.05 Å². The predicted molar refractivity (Wildman–Crippen MR) is 94.8 cm³/mol. The summed E-state index contributed by atoms with van der Waals surface area (Å²) < 4.78 is 15.1. The standard InChI is InChI=1S/C20H15FN2O/c1-23-18-12-16(21)8-6-15(18)11-19(23)20(24)22-17-9-7-13-4-2-3-5-14(13)10-17/h2-12H,1H3,(H,22,24). The maximum atomic E-state index is 13.4. The summed E-state index contributed by atoms with van der Waals surface area (Å²) in [6, 6.07) is 20.0. The van der Waals surface area contributed by atoms with Crippen LogP contribution >= 0.6 is 0 Å². The minimum Gasteiger partial charge on any atom is -0.340 e. The molecule has 3 nitrogen and oxygen atoms in total. The van der Waals surface area contributed by atoms with Gasteiger partial charge >= 0.3 is 0 Å². The number of anilines is 1. The molecule has 1 amide bonds. The lowest BCUT2D eigenvalue weighted by Crippen LogP contribution is -2.15. The fraction of sp³-hybridized carbons (Fsp3) is 0.0500. The molecule has 0 unspecified atom stereocenters. The van der Waals surface area contributed by atoms with Crippen LogP contribution in [-0.2, 0) is 7.05 Å². The van der Waals surface area contributed by atoms with E-state index in [0.717, 1.165) is 21.8 Å². The molecule has 4 heteroatoms. The predicted octanol–water partition coefficient (Wildman–Crippen LogP) is 4.72. The van der Waals surface area contributed by atoms with Crippen LogP contribution in [0, 0.1) is 5.82 Å². The first-order valence-corrected chi connectivity index (χ1v) is 7.67. The largest absolute Gasteiger partial charge is 0.340 e. The summed E-state index contributed by atoms with van der Waals surface area (Å²) in [6.45, 7) is 0. The summed E-state index contributed by atoms with van der Waals surface area (Å²) in [5.74, 6) is -0.533.